The molecule has 1 aromatic heterocycles. The van der Waals surface area contributed by atoms with Gasteiger partial charge in [0.15, 0.2) is 0 Å². The van der Waals surface area contributed by atoms with Crippen LogP contribution in [-0.2, 0) is 4.79 Å². The lowest BCUT2D eigenvalue weighted by Crippen LogP contribution is -2.09. The van der Waals surface area contributed by atoms with Crippen LogP contribution in [0.25, 0.3) is 16.3 Å². The highest BCUT2D eigenvalue weighted by atomic mass is 35.5. The highest BCUT2D eigenvalue weighted by Crippen LogP contribution is 2.31. The molecule has 4 nitrogen and oxygen atoms in total. The molecule has 1 N–H and O–H groups in total. The third-order valence-electron chi connectivity index (χ3n) is 3.43. The van der Waals surface area contributed by atoms with E-state index in [1.807, 2.05) is 31.2 Å². The van der Waals surface area contributed by atoms with Crippen LogP contribution in [0.4, 0.5) is 5.69 Å². The molecule has 0 radical (unpaired) electrons. The number of aryl methyl sites for hydroxylation is 1. The van der Waals surface area contributed by atoms with Crippen LogP contribution in [0.3, 0.4) is 0 Å². The number of nitrogens with zero attached hydrogens (tertiary/aromatic N) is 1. The number of para-hydroxylation sites is 1. The van der Waals surface area contributed by atoms with E-state index in [1.165, 1.54) is 24.5 Å². The lowest BCUT2D eigenvalue weighted by atomic mass is 10.2. The molecule has 0 saturated carbocycles. The van der Waals surface area contributed by atoms with Crippen molar-refractivity contribution in [3.8, 4) is 5.75 Å². The molecule has 0 aliphatic rings. The third-order valence-corrected chi connectivity index (χ3v) is 4.84. The first-order valence-electron chi connectivity index (χ1n) is 7.25. The Kier molecular flexibility index (Phi) is 4.83. The first-order chi connectivity index (χ1) is 11.6. The van der Waals surface area contributed by atoms with Crippen molar-refractivity contribution >= 4 is 50.8 Å². The van der Waals surface area contributed by atoms with E-state index in [-0.39, 0.29) is 5.91 Å². The molecule has 2 aromatic carbocycles. The Hall–Kier alpha value is -2.37. The van der Waals surface area contributed by atoms with Gasteiger partial charge >= 0.3 is 0 Å². The Morgan fingerprint density at radius 1 is 1.33 bits per heavy atom. The summed E-state index contributed by atoms with van der Waals surface area (Å²) in [5, 5.41) is 4.18. The van der Waals surface area contributed by atoms with Gasteiger partial charge in [0.2, 0.25) is 5.91 Å². The number of hydrogen-bond donors (Lipinski definition) is 1. The molecule has 0 saturated heterocycles. The fourth-order valence-electron chi connectivity index (χ4n) is 2.21. The van der Waals surface area contributed by atoms with Crippen molar-refractivity contribution in [3.05, 3.63) is 58.1 Å². The third kappa shape index (κ3) is 3.58. The Bertz CT molecular complexity index is 901. The maximum absolute atomic E-state index is 12.2. The van der Waals surface area contributed by atoms with Gasteiger partial charge in [0.05, 0.1) is 23.0 Å². The molecule has 0 atom stereocenters. The Balaban J connectivity index is 1.77. The average molecular weight is 359 g/mol. The number of nitrogens with one attached hydrogen (secondary N) is 1. The van der Waals surface area contributed by atoms with Crippen LogP contribution in [0.15, 0.2) is 42.5 Å². The number of benzene rings is 2. The molecule has 1 heterocycles. The highest BCUT2D eigenvalue weighted by Gasteiger charge is 2.09. The summed E-state index contributed by atoms with van der Waals surface area (Å²) in [6.45, 7) is 1.87. The number of aromatic nitrogens is 1. The number of rotatable bonds is 4. The first-order valence-corrected chi connectivity index (χ1v) is 8.45. The minimum absolute atomic E-state index is 0.255. The number of methoxy groups -OCH3 is 1. The largest absolute Gasteiger partial charge is 0.495 e. The second kappa shape index (κ2) is 7.03. The molecule has 0 bridgehead atoms. The summed E-state index contributed by atoms with van der Waals surface area (Å²) in [7, 11) is 1.54. The van der Waals surface area contributed by atoms with E-state index in [0.717, 1.165) is 20.8 Å². The molecule has 1 amide bonds. The van der Waals surface area contributed by atoms with Gasteiger partial charge in [0, 0.05) is 17.2 Å². The number of amides is 1. The van der Waals surface area contributed by atoms with Crippen molar-refractivity contribution in [1.82, 2.24) is 4.98 Å². The van der Waals surface area contributed by atoms with Crippen molar-refractivity contribution in [2.24, 2.45) is 0 Å². The van der Waals surface area contributed by atoms with Crippen molar-refractivity contribution in [2.75, 3.05) is 12.4 Å². The zero-order chi connectivity index (χ0) is 17.1. The molecular weight excluding hydrogens is 344 g/mol. The molecule has 0 fully saturated rings. The van der Waals surface area contributed by atoms with Gasteiger partial charge in [-0.3, -0.25) is 4.79 Å². The van der Waals surface area contributed by atoms with Gasteiger partial charge in [-0.25, -0.2) is 4.98 Å². The van der Waals surface area contributed by atoms with Crippen LogP contribution in [0, 0.1) is 6.92 Å². The summed E-state index contributed by atoms with van der Waals surface area (Å²) in [5.74, 6) is 0.265. The number of halogens is 1. The van der Waals surface area contributed by atoms with Crippen LogP contribution in [0.2, 0.25) is 5.02 Å². The fraction of sp³-hybridized carbons (Fsp3) is 0.111. The maximum atomic E-state index is 12.2. The van der Waals surface area contributed by atoms with E-state index in [2.05, 4.69) is 10.3 Å². The van der Waals surface area contributed by atoms with Crippen LogP contribution >= 0.6 is 22.9 Å². The maximum Gasteiger partial charge on any atom is 0.248 e. The first kappa shape index (κ1) is 16.5. The van der Waals surface area contributed by atoms with Gasteiger partial charge in [-0.05, 0) is 36.8 Å². The molecule has 24 heavy (non-hydrogen) atoms. The summed E-state index contributed by atoms with van der Waals surface area (Å²) in [5.41, 5.74) is 2.37. The molecule has 122 valence electrons. The molecule has 3 aromatic rings. The lowest BCUT2D eigenvalue weighted by molar-refractivity contribution is -0.111. The van der Waals surface area contributed by atoms with Gasteiger partial charge in [-0.2, -0.15) is 0 Å². The van der Waals surface area contributed by atoms with Crippen LogP contribution in [0.5, 0.6) is 5.75 Å². The minimum atomic E-state index is -0.255. The number of anilines is 1. The molecule has 0 aliphatic carbocycles. The van der Waals surface area contributed by atoms with Gasteiger partial charge in [0.25, 0.3) is 0 Å². The smallest absolute Gasteiger partial charge is 0.248 e. The van der Waals surface area contributed by atoms with Gasteiger partial charge < -0.3 is 10.1 Å². The monoisotopic (exact) mass is 358 g/mol. The molecule has 6 heteroatoms. The fourth-order valence-corrected chi connectivity index (χ4v) is 3.24. The van der Waals surface area contributed by atoms with Crippen molar-refractivity contribution in [3.63, 3.8) is 0 Å². The molecule has 0 spiro atoms. The Labute approximate surface area is 148 Å². The van der Waals surface area contributed by atoms with E-state index in [1.54, 1.807) is 18.2 Å². The van der Waals surface area contributed by atoms with Crippen LogP contribution < -0.4 is 10.1 Å². The van der Waals surface area contributed by atoms with Crippen molar-refractivity contribution in [1.29, 1.82) is 0 Å². The quantitative estimate of drug-likeness (QED) is 0.673. The molecule has 0 unspecified atom stereocenters. The van der Waals surface area contributed by atoms with Crippen LogP contribution in [-0.4, -0.2) is 18.0 Å². The van der Waals surface area contributed by atoms with E-state index in [0.29, 0.717) is 16.5 Å². The SMILES string of the molecule is COc1cc(Cl)c(C)cc1NC(=O)/C=C/c1nc2ccccc2s1. The standard InChI is InChI=1S/C18H15ClN2O2S/c1-11-9-14(15(23-2)10-12(11)19)20-17(22)7-8-18-21-13-5-3-4-6-16(13)24-18/h3-10H,1-2H3,(H,20,22)/b8-7+. The second-order valence-corrected chi connectivity index (χ2v) is 6.61. The second-order valence-electron chi connectivity index (χ2n) is 5.14. The predicted octanol–water partition coefficient (Wildman–Crippen LogP) is 4.92. The van der Waals surface area contributed by atoms with E-state index < -0.39 is 0 Å². The highest BCUT2D eigenvalue weighted by molar-refractivity contribution is 7.19. The summed E-state index contributed by atoms with van der Waals surface area (Å²) < 4.78 is 6.34. The summed E-state index contributed by atoms with van der Waals surface area (Å²) in [4.78, 5) is 16.6. The minimum Gasteiger partial charge on any atom is -0.495 e. The number of hydrogen-bond acceptors (Lipinski definition) is 4. The zero-order valence-electron chi connectivity index (χ0n) is 13.2. The van der Waals surface area contributed by atoms with E-state index in [4.69, 9.17) is 16.3 Å². The average Bonchev–Trinajstić information content (AvgIpc) is 2.99. The molecular formula is C18H15ClN2O2S. The topological polar surface area (TPSA) is 51.2 Å². The predicted molar refractivity (Wildman–Crippen MR) is 100 cm³/mol. The van der Waals surface area contributed by atoms with Crippen molar-refractivity contribution < 1.29 is 9.53 Å². The number of ether oxygens (including phenoxy) is 1. The van der Waals surface area contributed by atoms with Gasteiger partial charge in [0.1, 0.15) is 10.8 Å². The summed E-state index contributed by atoms with van der Waals surface area (Å²) in [6, 6.07) is 11.3. The number of carbonyl (C=O) groups is 1. The number of fused-ring (bicyclic) bond motifs is 1. The molecule has 3 rings (SSSR count). The Morgan fingerprint density at radius 3 is 2.88 bits per heavy atom. The van der Waals surface area contributed by atoms with Gasteiger partial charge in [-0.15, -0.1) is 11.3 Å². The van der Waals surface area contributed by atoms with E-state index >= 15 is 0 Å². The lowest BCUT2D eigenvalue weighted by Gasteiger charge is -2.11. The Morgan fingerprint density at radius 2 is 2.12 bits per heavy atom. The van der Waals surface area contributed by atoms with Crippen LogP contribution in [0.1, 0.15) is 10.6 Å². The van der Waals surface area contributed by atoms with Crippen molar-refractivity contribution in [2.45, 2.75) is 6.92 Å². The van der Waals surface area contributed by atoms with Gasteiger partial charge in [-0.1, -0.05) is 23.7 Å². The summed E-state index contributed by atoms with van der Waals surface area (Å²) >= 11 is 7.60. The summed E-state index contributed by atoms with van der Waals surface area (Å²) in [6.07, 6.45) is 3.16. The van der Waals surface area contributed by atoms with E-state index in [9.17, 15) is 4.79 Å². The zero-order valence-corrected chi connectivity index (χ0v) is 14.7. The number of carbonyl (C=O) groups excluding carboxylic acids is 1. The normalized spacial score (nSPS) is 11.1. The number of thiazole rings is 1. The molecule has 0 aliphatic heterocycles.